The van der Waals surface area contributed by atoms with Gasteiger partial charge in [-0.3, -0.25) is 14.5 Å². The van der Waals surface area contributed by atoms with E-state index >= 15 is 0 Å². The lowest BCUT2D eigenvalue weighted by atomic mass is 9.97. The maximum atomic E-state index is 11.6. The minimum Gasteiger partial charge on any atom is -0.469 e. The number of aromatic nitrogens is 2. The molecule has 128 valence electrons. The number of carbonyl (C=O) groups excluding carboxylic acids is 1. The van der Waals surface area contributed by atoms with Crippen LogP contribution in [0, 0.1) is 12.8 Å². The van der Waals surface area contributed by atoms with Gasteiger partial charge in [-0.1, -0.05) is 0 Å². The Morgan fingerprint density at radius 3 is 2.78 bits per heavy atom. The summed E-state index contributed by atoms with van der Waals surface area (Å²) in [5, 5.41) is 7.67. The fourth-order valence-corrected chi connectivity index (χ4v) is 2.86. The first-order chi connectivity index (χ1) is 11.1. The summed E-state index contributed by atoms with van der Waals surface area (Å²) in [6, 6.07) is 0. The summed E-state index contributed by atoms with van der Waals surface area (Å²) in [6.45, 7) is 5.45. The van der Waals surface area contributed by atoms with Crippen LogP contribution in [0.25, 0.3) is 0 Å². The normalized spacial score (nSPS) is 16.5. The number of aliphatic imine (C=N–C) groups is 1. The van der Waals surface area contributed by atoms with Crippen molar-refractivity contribution < 1.29 is 9.53 Å². The van der Waals surface area contributed by atoms with Crippen LogP contribution in [0.1, 0.15) is 24.8 Å². The summed E-state index contributed by atoms with van der Waals surface area (Å²) >= 11 is 0. The van der Waals surface area contributed by atoms with E-state index in [1.165, 1.54) is 12.7 Å². The topological polar surface area (TPSA) is 71.8 Å². The van der Waals surface area contributed by atoms with E-state index < -0.39 is 0 Å². The predicted octanol–water partition coefficient (Wildman–Crippen LogP) is 1.04. The fourth-order valence-electron chi connectivity index (χ4n) is 2.86. The minimum atomic E-state index is -0.0953. The number of hydrogen-bond donors (Lipinski definition) is 1. The molecule has 7 nitrogen and oxygen atoms in total. The lowest BCUT2D eigenvalue weighted by Gasteiger charge is -2.33. The van der Waals surface area contributed by atoms with Gasteiger partial charge in [0.2, 0.25) is 0 Å². The number of aryl methyl sites for hydroxylation is 2. The smallest absolute Gasteiger partial charge is 0.308 e. The van der Waals surface area contributed by atoms with E-state index in [0.717, 1.165) is 51.4 Å². The van der Waals surface area contributed by atoms with Crippen molar-refractivity contribution >= 4 is 11.9 Å². The second-order valence-electron chi connectivity index (χ2n) is 5.89. The van der Waals surface area contributed by atoms with Crippen LogP contribution in [0.3, 0.4) is 0 Å². The average Bonchev–Trinajstić information content (AvgIpc) is 3.00. The van der Waals surface area contributed by atoms with Crippen molar-refractivity contribution in [1.82, 2.24) is 20.0 Å². The van der Waals surface area contributed by atoms with E-state index in [9.17, 15) is 4.79 Å². The molecule has 0 saturated carbocycles. The van der Waals surface area contributed by atoms with Crippen LogP contribution in [0.2, 0.25) is 0 Å². The number of rotatable bonds is 5. The number of ether oxygens (including phenoxy) is 1. The Morgan fingerprint density at radius 1 is 1.48 bits per heavy atom. The second-order valence-corrected chi connectivity index (χ2v) is 5.89. The number of methoxy groups -OCH3 is 1. The van der Waals surface area contributed by atoms with Gasteiger partial charge in [0.25, 0.3) is 0 Å². The molecule has 0 spiro atoms. The first kappa shape index (κ1) is 17.3. The zero-order chi connectivity index (χ0) is 16.7. The van der Waals surface area contributed by atoms with Crippen LogP contribution >= 0.6 is 0 Å². The number of guanidine groups is 1. The Hall–Kier alpha value is -2.05. The summed E-state index contributed by atoms with van der Waals surface area (Å²) in [4.78, 5) is 18.1. The molecule has 0 amide bonds. The third kappa shape index (κ3) is 4.97. The molecule has 1 N–H and O–H groups in total. The fraction of sp³-hybridized carbons (Fsp3) is 0.688. The number of nitrogens with zero attached hydrogens (tertiary/aromatic N) is 4. The number of esters is 1. The highest BCUT2D eigenvalue weighted by Crippen LogP contribution is 2.18. The lowest BCUT2D eigenvalue weighted by Crippen LogP contribution is -2.47. The number of carbonyl (C=O) groups is 1. The van der Waals surface area contributed by atoms with Crippen molar-refractivity contribution in [2.24, 2.45) is 10.9 Å². The molecule has 7 heteroatoms. The van der Waals surface area contributed by atoms with Crippen molar-refractivity contribution in [1.29, 1.82) is 0 Å². The molecule has 0 radical (unpaired) electrons. The van der Waals surface area contributed by atoms with Gasteiger partial charge < -0.3 is 15.0 Å². The molecule has 0 bridgehead atoms. The van der Waals surface area contributed by atoms with Crippen molar-refractivity contribution in [3.8, 4) is 0 Å². The summed E-state index contributed by atoms with van der Waals surface area (Å²) in [7, 11) is 3.25. The van der Waals surface area contributed by atoms with Crippen molar-refractivity contribution in [2.75, 3.05) is 33.8 Å². The van der Waals surface area contributed by atoms with Gasteiger partial charge in [-0.15, -0.1) is 0 Å². The van der Waals surface area contributed by atoms with Crippen molar-refractivity contribution in [3.05, 3.63) is 18.0 Å². The number of piperidine rings is 1. The molecule has 23 heavy (non-hydrogen) atoms. The van der Waals surface area contributed by atoms with Gasteiger partial charge >= 0.3 is 5.97 Å². The van der Waals surface area contributed by atoms with Crippen LogP contribution in [0.4, 0.5) is 0 Å². The van der Waals surface area contributed by atoms with Gasteiger partial charge in [-0.25, -0.2) is 0 Å². The maximum absolute atomic E-state index is 11.6. The number of nitrogens with one attached hydrogen (secondary N) is 1. The van der Waals surface area contributed by atoms with E-state index in [-0.39, 0.29) is 11.9 Å². The van der Waals surface area contributed by atoms with E-state index in [1.54, 1.807) is 7.05 Å². The van der Waals surface area contributed by atoms with Gasteiger partial charge in [0, 0.05) is 39.4 Å². The third-order valence-corrected chi connectivity index (χ3v) is 4.15. The van der Waals surface area contributed by atoms with Crippen LogP contribution < -0.4 is 5.32 Å². The van der Waals surface area contributed by atoms with Gasteiger partial charge in [0.05, 0.1) is 19.2 Å². The SMILES string of the molecule is CN=C(NCCCn1cc(C)cn1)N1CCC(C(=O)OC)CC1. The van der Waals surface area contributed by atoms with Crippen LogP contribution in [0.15, 0.2) is 17.4 Å². The second kappa shape index (κ2) is 8.55. The quantitative estimate of drug-likeness (QED) is 0.380. The lowest BCUT2D eigenvalue weighted by molar-refractivity contribution is -0.146. The standard InChI is InChI=1S/C16H27N5O2/c1-13-11-19-21(12-13)8-4-7-18-16(17-2)20-9-5-14(6-10-20)15(22)23-3/h11-12,14H,4-10H2,1-3H3,(H,17,18). The van der Waals surface area contributed by atoms with Crippen molar-refractivity contribution in [3.63, 3.8) is 0 Å². The Kier molecular flexibility index (Phi) is 6.43. The summed E-state index contributed by atoms with van der Waals surface area (Å²) in [6.07, 6.45) is 6.54. The van der Waals surface area contributed by atoms with Crippen molar-refractivity contribution in [2.45, 2.75) is 32.7 Å². The molecule has 1 saturated heterocycles. The third-order valence-electron chi connectivity index (χ3n) is 4.15. The molecule has 0 atom stereocenters. The number of hydrogen-bond acceptors (Lipinski definition) is 4. The highest BCUT2D eigenvalue weighted by atomic mass is 16.5. The first-order valence-electron chi connectivity index (χ1n) is 8.16. The summed E-state index contributed by atoms with van der Waals surface area (Å²) < 4.78 is 6.78. The molecule has 1 aromatic rings. The molecule has 2 heterocycles. The van der Waals surface area contributed by atoms with Gasteiger partial charge in [0.15, 0.2) is 5.96 Å². The van der Waals surface area contributed by atoms with E-state index in [2.05, 4.69) is 20.3 Å². The number of likely N-dealkylation sites (tertiary alicyclic amines) is 1. The Balaban J connectivity index is 1.70. The molecule has 2 rings (SSSR count). The van der Waals surface area contributed by atoms with E-state index in [1.807, 2.05) is 24.0 Å². The zero-order valence-corrected chi connectivity index (χ0v) is 14.3. The average molecular weight is 321 g/mol. The Morgan fingerprint density at radius 2 is 2.22 bits per heavy atom. The first-order valence-corrected chi connectivity index (χ1v) is 8.16. The Bertz CT molecular complexity index is 532. The van der Waals surface area contributed by atoms with Crippen LogP contribution in [0.5, 0.6) is 0 Å². The van der Waals surface area contributed by atoms with Crippen LogP contribution in [-0.2, 0) is 16.1 Å². The maximum Gasteiger partial charge on any atom is 0.308 e. The van der Waals surface area contributed by atoms with E-state index in [4.69, 9.17) is 4.74 Å². The van der Waals surface area contributed by atoms with E-state index in [0.29, 0.717) is 0 Å². The molecule has 1 aliphatic rings. The molecule has 0 aliphatic carbocycles. The zero-order valence-electron chi connectivity index (χ0n) is 14.3. The largest absolute Gasteiger partial charge is 0.469 e. The van der Waals surface area contributed by atoms with Gasteiger partial charge in [0.1, 0.15) is 0 Å². The summed E-state index contributed by atoms with van der Waals surface area (Å²) in [5.41, 5.74) is 1.18. The molecular weight excluding hydrogens is 294 g/mol. The monoisotopic (exact) mass is 321 g/mol. The molecule has 1 fully saturated rings. The molecule has 0 aromatic carbocycles. The molecule has 1 aliphatic heterocycles. The molecule has 1 aromatic heterocycles. The summed E-state index contributed by atoms with van der Waals surface area (Å²) in [5.74, 6) is 0.837. The van der Waals surface area contributed by atoms with Crippen LogP contribution in [-0.4, -0.2) is 60.4 Å². The Labute approximate surface area is 137 Å². The predicted molar refractivity (Wildman–Crippen MR) is 89.3 cm³/mol. The highest BCUT2D eigenvalue weighted by Gasteiger charge is 2.26. The minimum absolute atomic E-state index is 0.0254. The highest BCUT2D eigenvalue weighted by molar-refractivity contribution is 5.80. The van der Waals surface area contributed by atoms with Gasteiger partial charge in [-0.05, 0) is 31.7 Å². The van der Waals surface area contributed by atoms with Gasteiger partial charge in [-0.2, -0.15) is 5.10 Å². The molecular formula is C16H27N5O2. The molecule has 0 unspecified atom stereocenters.